The van der Waals surface area contributed by atoms with Gasteiger partial charge in [-0.1, -0.05) is 52.3 Å². The van der Waals surface area contributed by atoms with Crippen LogP contribution in [-0.2, 0) is 4.74 Å². The quantitative estimate of drug-likeness (QED) is 0.504. The third-order valence-electron chi connectivity index (χ3n) is 2.85. The third kappa shape index (κ3) is 18.1. The molecule has 0 aliphatic carbocycles. The molecule has 0 aliphatic heterocycles. The van der Waals surface area contributed by atoms with Crippen LogP contribution in [0.4, 0.5) is 11.4 Å². The van der Waals surface area contributed by atoms with Crippen molar-refractivity contribution in [2.24, 2.45) is 0 Å². The molecule has 2 rings (SSSR count). The molecule has 4 heteroatoms. The van der Waals surface area contributed by atoms with Gasteiger partial charge in [0.15, 0.2) is 0 Å². The van der Waals surface area contributed by atoms with Crippen LogP contribution in [0.1, 0.15) is 47.0 Å². The van der Waals surface area contributed by atoms with Crippen molar-refractivity contribution >= 4 is 11.4 Å². The summed E-state index contributed by atoms with van der Waals surface area (Å²) in [6.07, 6.45) is 3.38. The summed E-state index contributed by atoms with van der Waals surface area (Å²) in [6.45, 7) is 9.91. The summed E-state index contributed by atoms with van der Waals surface area (Å²) < 4.78 is 10.1. The van der Waals surface area contributed by atoms with Crippen LogP contribution in [0.2, 0.25) is 0 Å². The number of hydrogen-bond acceptors (Lipinski definition) is 4. The molecule has 0 atom stereocenters. The first-order chi connectivity index (χ1) is 12.6. The highest BCUT2D eigenvalue weighted by atomic mass is 16.5. The fourth-order valence-corrected chi connectivity index (χ4v) is 1.56. The number of nitrogen functional groups attached to an aromatic ring is 2. The van der Waals surface area contributed by atoms with Crippen molar-refractivity contribution < 1.29 is 9.47 Å². The SMILES string of the molecule is CC.CCCCOc1ccc(N)cc1.CCCOC.Nc1ccccc1. The van der Waals surface area contributed by atoms with Crippen molar-refractivity contribution in [1.82, 2.24) is 0 Å². The molecule has 2 aromatic carbocycles. The van der Waals surface area contributed by atoms with Crippen LogP contribution >= 0.6 is 0 Å². The summed E-state index contributed by atoms with van der Waals surface area (Å²) in [5.74, 6) is 0.901. The average molecular weight is 363 g/mol. The van der Waals surface area contributed by atoms with Crippen molar-refractivity contribution in [3.05, 3.63) is 54.6 Å². The van der Waals surface area contributed by atoms with Gasteiger partial charge < -0.3 is 20.9 Å². The van der Waals surface area contributed by atoms with Crippen molar-refractivity contribution in [3.8, 4) is 5.75 Å². The van der Waals surface area contributed by atoms with Crippen LogP contribution in [0.15, 0.2) is 54.6 Å². The van der Waals surface area contributed by atoms with E-state index in [0.29, 0.717) is 0 Å². The smallest absolute Gasteiger partial charge is 0.119 e. The lowest BCUT2D eigenvalue weighted by molar-refractivity contribution is 0.199. The molecule has 0 fully saturated rings. The Hall–Kier alpha value is -2.20. The summed E-state index contributed by atoms with van der Waals surface area (Å²) in [6, 6.07) is 17.0. The Bertz CT molecular complexity index is 485. The van der Waals surface area contributed by atoms with Gasteiger partial charge in [0.25, 0.3) is 0 Å². The second-order valence-electron chi connectivity index (χ2n) is 5.17. The first kappa shape index (κ1) is 26.0. The molecule has 0 heterocycles. The van der Waals surface area contributed by atoms with E-state index < -0.39 is 0 Å². The lowest BCUT2D eigenvalue weighted by Gasteiger charge is -2.04. The molecule has 0 bridgehead atoms. The molecule has 0 saturated heterocycles. The molecular weight excluding hydrogens is 324 g/mol. The fourth-order valence-electron chi connectivity index (χ4n) is 1.56. The first-order valence-corrected chi connectivity index (χ1v) is 9.41. The predicted molar refractivity (Wildman–Crippen MR) is 116 cm³/mol. The lowest BCUT2D eigenvalue weighted by atomic mass is 10.3. The van der Waals surface area contributed by atoms with Gasteiger partial charge in [0.1, 0.15) is 5.75 Å². The van der Waals surface area contributed by atoms with Gasteiger partial charge in [0.2, 0.25) is 0 Å². The summed E-state index contributed by atoms with van der Waals surface area (Å²) in [4.78, 5) is 0. The molecule has 0 aliphatic rings. The van der Waals surface area contributed by atoms with Crippen molar-refractivity contribution in [3.63, 3.8) is 0 Å². The number of benzene rings is 2. The number of ether oxygens (including phenoxy) is 2. The second kappa shape index (κ2) is 20.8. The molecule has 0 radical (unpaired) electrons. The molecule has 4 nitrogen and oxygen atoms in total. The van der Waals surface area contributed by atoms with Gasteiger partial charge in [-0.25, -0.2) is 0 Å². The van der Waals surface area contributed by atoms with E-state index >= 15 is 0 Å². The van der Waals surface area contributed by atoms with E-state index in [1.165, 1.54) is 0 Å². The number of anilines is 2. The Balaban J connectivity index is 0. The van der Waals surface area contributed by atoms with Gasteiger partial charge in [-0.3, -0.25) is 0 Å². The van der Waals surface area contributed by atoms with Crippen LogP contribution in [0.3, 0.4) is 0 Å². The van der Waals surface area contributed by atoms with E-state index in [-0.39, 0.29) is 0 Å². The molecule has 4 N–H and O–H groups in total. The topological polar surface area (TPSA) is 70.5 Å². The van der Waals surface area contributed by atoms with Crippen molar-refractivity contribution in [2.75, 3.05) is 31.8 Å². The summed E-state index contributed by atoms with van der Waals surface area (Å²) in [5, 5.41) is 0. The number of hydrogen-bond donors (Lipinski definition) is 2. The van der Waals surface area contributed by atoms with E-state index in [9.17, 15) is 0 Å². The summed E-state index contributed by atoms with van der Waals surface area (Å²) in [5.41, 5.74) is 12.5. The van der Waals surface area contributed by atoms with E-state index in [0.717, 1.165) is 49.6 Å². The molecule has 0 saturated carbocycles. The van der Waals surface area contributed by atoms with E-state index in [1.807, 2.05) is 68.4 Å². The van der Waals surface area contributed by atoms with E-state index in [2.05, 4.69) is 13.8 Å². The minimum Gasteiger partial charge on any atom is -0.494 e. The van der Waals surface area contributed by atoms with Gasteiger partial charge in [-0.2, -0.15) is 0 Å². The number of rotatable bonds is 6. The predicted octanol–water partition coefficient (Wildman–Crippen LogP) is 5.79. The Kier molecular flexibility index (Phi) is 20.9. The highest BCUT2D eigenvalue weighted by Crippen LogP contribution is 2.13. The molecule has 0 amide bonds. The largest absolute Gasteiger partial charge is 0.494 e. The van der Waals surface area contributed by atoms with Crippen molar-refractivity contribution in [2.45, 2.75) is 47.0 Å². The van der Waals surface area contributed by atoms with Gasteiger partial charge in [0.05, 0.1) is 6.61 Å². The highest BCUT2D eigenvalue weighted by molar-refractivity contribution is 5.41. The zero-order chi connectivity index (χ0) is 20.0. The number of para-hydroxylation sites is 1. The van der Waals surface area contributed by atoms with E-state index in [4.69, 9.17) is 20.9 Å². The Labute approximate surface area is 160 Å². The molecule has 2 aromatic rings. The third-order valence-corrected chi connectivity index (χ3v) is 2.85. The standard InChI is InChI=1S/C10H15NO.C6H7N.C4H10O.C2H6/c1-2-3-8-12-10-6-4-9(11)5-7-10;7-6-4-2-1-3-5-6;1-3-4-5-2;1-2/h4-7H,2-3,8,11H2,1H3;1-5H,7H2;3-4H2,1-2H3;1-2H3. The summed E-state index contributed by atoms with van der Waals surface area (Å²) >= 11 is 0. The monoisotopic (exact) mass is 362 g/mol. The maximum Gasteiger partial charge on any atom is 0.119 e. The second-order valence-corrected chi connectivity index (χ2v) is 5.17. The number of methoxy groups -OCH3 is 1. The van der Waals surface area contributed by atoms with Crippen LogP contribution in [-0.4, -0.2) is 20.3 Å². The van der Waals surface area contributed by atoms with Gasteiger partial charge in [-0.05, 0) is 49.2 Å². The van der Waals surface area contributed by atoms with Gasteiger partial charge in [-0.15, -0.1) is 0 Å². The molecule has 0 unspecified atom stereocenters. The lowest BCUT2D eigenvalue weighted by Crippen LogP contribution is -1.96. The Morgan fingerprint density at radius 1 is 0.731 bits per heavy atom. The minimum absolute atomic E-state index is 0.776. The first-order valence-electron chi connectivity index (χ1n) is 9.41. The molecular formula is C22H38N2O2. The fraction of sp³-hybridized carbons (Fsp3) is 0.455. The zero-order valence-corrected chi connectivity index (χ0v) is 17.2. The molecule has 0 spiro atoms. The maximum atomic E-state index is 5.53. The van der Waals surface area contributed by atoms with Crippen LogP contribution in [0, 0.1) is 0 Å². The number of unbranched alkanes of at least 4 members (excludes halogenated alkanes) is 1. The van der Waals surface area contributed by atoms with Crippen LogP contribution in [0.5, 0.6) is 5.75 Å². The average Bonchev–Trinajstić information content (AvgIpc) is 2.68. The molecule has 148 valence electrons. The minimum atomic E-state index is 0.776. The van der Waals surface area contributed by atoms with Crippen molar-refractivity contribution in [1.29, 1.82) is 0 Å². The number of nitrogens with two attached hydrogens (primary N) is 2. The Morgan fingerprint density at radius 2 is 1.27 bits per heavy atom. The highest BCUT2D eigenvalue weighted by Gasteiger charge is 1.91. The zero-order valence-electron chi connectivity index (χ0n) is 17.2. The van der Waals surface area contributed by atoms with Crippen LogP contribution in [0.25, 0.3) is 0 Å². The Morgan fingerprint density at radius 3 is 1.62 bits per heavy atom. The summed E-state index contributed by atoms with van der Waals surface area (Å²) in [7, 11) is 1.71. The van der Waals surface area contributed by atoms with E-state index in [1.54, 1.807) is 7.11 Å². The van der Waals surface area contributed by atoms with Gasteiger partial charge in [0, 0.05) is 25.1 Å². The van der Waals surface area contributed by atoms with Crippen LogP contribution < -0.4 is 16.2 Å². The maximum absolute atomic E-state index is 5.53. The molecule has 26 heavy (non-hydrogen) atoms. The van der Waals surface area contributed by atoms with Gasteiger partial charge >= 0.3 is 0 Å². The normalized spacial score (nSPS) is 8.65. The molecule has 0 aromatic heterocycles.